The highest BCUT2D eigenvalue weighted by Crippen LogP contribution is 2.21. The molecule has 0 radical (unpaired) electrons. The van der Waals surface area contributed by atoms with Crippen LogP contribution in [0.3, 0.4) is 0 Å². The highest BCUT2D eigenvalue weighted by atomic mass is 16.4. The monoisotopic (exact) mass is 348 g/mol. The van der Waals surface area contributed by atoms with E-state index in [1.54, 1.807) is 25.1 Å². The van der Waals surface area contributed by atoms with E-state index < -0.39 is 11.5 Å². The first kappa shape index (κ1) is 18.6. The molecule has 2 aromatic heterocycles. The van der Waals surface area contributed by atoms with Gasteiger partial charge < -0.3 is 30.3 Å². The molecule has 1 atom stereocenters. The molecule has 8 nitrogen and oxygen atoms in total. The number of nitrogens with zero attached hydrogens (tertiary/aromatic N) is 1. The Balaban J connectivity index is 2.00. The van der Waals surface area contributed by atoms with Gasteiger partial charge in [-0.05, 0) is 45.0 Å². The fraction of sp³-hybridized carbons (Fsp3) is 0.412. The van der Waals surface area contributed by atoms with Crippen molar-refractivity contribution in [2.45, 2.75) is 32.9 Å². The SMILES string of the molecule is CCNC(=NCc1ccc(C(N)=O)o1)NCC(C)(O)c1ccc(C)o1. The van der Waals surface area contributed by atoms with Crippen molar-refractivity contribution >= 4 is 11.9 Å². The standard InChI is InChI=1S/C17H24N4O4/c1-4-19-16(20-9-12-6-7-13(25-12)15(18)22)21-10-17(3,23)14-8-5-11(2)24-14/h5-8,23H,4,9-10H2,1-3H3,(H2,18,22)(H2,19,20,21). The number of aliphatic imine (C=N–C) groups is 1. The molecule has 0 aliphatic heterocycles. The second kappa shape index (κ2) is 7.89. The average Bonchev–Trinajstić information content (AvgIpc) is 3.19. The van der Waals surface area contributed by atoms with E-state index in [1.165, 1.54) is 6.07 Å². The number of carbonyl (C=O) groups excluding carboxylic acids is 1. The van der Waals surface area contributed by atoms with Gasteiger partial charge in [-0.1, -0.05) is 0 Å². The predicted molar refractivity (Wildman–Crippen MR) is 93.1 cm³/mol. The van der Waals surface area contributed by atoms with Crippen molar-refractivity contribution < 1.29 is 18.7 Å². The highest BCUT2D eigenvalue weighted by Gasteiger charge is 2.27. The lowest BCUT2D eigenvalue weighted by Gasteiger charge is -2.22. The Morgan fingerprint density at radius 3 is 2.60 bits per heavy atom. The van der Waals surface area contributed by atoms with E-state index in [0.717, 1.165) is 5.76 Å². The maximum absolute atomic E-state index is 11.0. The minimum Gasteiger partial charge on any atom is -0.463 e. The van der Waals surface area contributed by atoms with E-state index in [2.05, 4.69) is 15.6 Å². The van der Waals surface area contributed by atoms with Gasteiger partial charge in [-0.2, -0.15) is 0 Å². The quantitative estimate of drug-likeness (QED) is 0.440. The minimum absolute atomic E-state index is 0.0966. The van der Waals surface area contributed by atoms with Gasteiger partial charge in [0.1, 0.15) is 29.4 Å². The first-order chi connectivity index (χ1) is 11.8. The smallest absolute Gasteiger partial charge is 0.284 e. The van der Waals surface area contributed by atoms with Crippen LogP contribution in [0, 0.1) is 6.92 Å². The van der Waals surface area contributed by atoms with Crippen molar-refractivity contribution in [2.24, 2.45) is 10.7 Å². The summed E-state index contributed by atoms with van der Waals surface area (Å²) in [6.45, 7) is 6.50. The fourth-order valence-electron chi connectivity index (χ4n) is 2.16. The zero-order chi connectivity index (χ0) is 18.4. The van der Waals surface area contributed by atoms with Crippen LogP contribution in [0.5, 0.6) is 0 Å². The molecule has 0 bridgehead atoms. The average molecular weight is 348 g/mol. The summed E-state index contributed by atoms with van der Waals surface area (Å²) in [5.74, 6) is 1.70. The van der Waals surface area contributed by atoms with Crippen molar-refractivity contribution in [3.05, 3.63) is 47.3 Å². The predicted octanol–water partition coefficient (Wildman–Crippen LogP) is 1.24. The number of primary amides is 1. The van der Waals surface area contributed by atoms with Gasteiger partial charge in [0, 0.05) is 6.54 Å². The first-order valence-corrected chi connectivity index (χ1v) is 8.02. The zero-order valence-electron chi connectivity index (χ0n) is 14.6. The number of nitrogens with two attached hydrogens (primary N) is 1. The molecule has 0 saturated heterocycles. The molecule has 1 amide bonds. The molecule has 0 aliphatic rings. The van der Waals surface area contributed by atoms with Crippen LogP contribution in [-0.4, -0.2) is 30.1 Å². The van der Waals surface area contributed by atoms with Crippen LogP contribution in [0.1, 0.15) is 41.7 Å². The molecule has 2 heterocycles. The minimum atomic E-state index is -1.19. The number of carbonyl (C=O) groups is 1. The Morgan fingerprint density at radius 1 is 1.28 bits per heavy atom. The molecule has 25 heavy (non-hydrogen) atoms. The molecule has 0 aliphatic carbocycles. The molecule has 2 aromatic rings. The number of rotatable bonds is 7. The number of nitrogens with one attached hydrogen (secondary N) is 2. The summed E-state index contributed by atoms with van der Waals surface area (Å²) in [5, 5.41) is 16.7. The van der Waals surface area contributed by atoms with Gasteiger partial charge in [0.25, 0.3) is 5.91 Å². The van der Waals surface area contributed by atoms with E-state index in [9.17, 15) is 9.90 Å². The zero-order valence-corrected chi connectivity index (χ0v) is 14.6. The summed E-state index contributed by atoms with van der Waals surface area (Å²) >= 11 is 0. The molecule has 8 heteroatoms. The number of hydrogen-bond acceptors (Lipinski definition) is 5. The van der Waals surface area contributed by atoms with Gasteiger partial charge in [0.05, 0.1) is 6.54 Å². The molecule has 136 valence electrons. The number of amides is 1. The van der Waals surface area contributed by atoms with Crippen LogP contribution in [-0.2, 0) is 12.1 Å². The van der Waals surface area contributed by atoms with E-state index >= 15 is 0 Å². The van der Waals surface area contributed by atoms with Crippen LogP contribution in [0.15, 0.2) is 38.1 Å². The van der Waals surface area contributed by atoms with Crippen molar-refractivity contribution in [3.8, 4) is 0 Å². The molecular weight excluding hydrogens is 324 g/mol. The van der Waals surface area contributed by atoms with Crippen molar-refractivity contribution in [1.82, 2.24) is 10.6 Å². The van der Waals surface area contributed by atoms with Crippen LogP contribution in [0.25, 0.3) is 0 Å². The summed E-state index contributed by atoms with van der Waals surface area (Å²) in [4.78, 5) is 15.4. The van der Waals surface area contributed by atoms with Crippen LogP contribution >= 0.6 is 0 Å². The summed E-state index contributed by atoms with van der Waals surface area (Å²) in [7, 11) is 0. The Bertz CT molecular complexity index is 745. The molecular formula is C17H24N4O4. The third-order valence-corrected chi connectivity index (χ3v) is 3.51. The van der Waals surface area contributed by atoms with Crippen LogP contribution < -0.4 is 16.4 Å². The van der Waals surface area contributed by atoms with Crippen molar-refractivity contribution in [3.63, 3.8) is 0 Å². The second-order valence-corrected chi connectivity index (χ2v) is 5.86. The van der Waals surface area contributed by atoms with Gasteiger partial charge in [-0.3, -0.25) is 4.79 Å². The number of aliphatic hydroxyl groups is 1. The molecule has 5 N–H and O–H groups in total. The molecule has 0 saturated carbocycles. The summed E-state index contributed by atoms with van der Waals surface area (Å²) < 4.78 is 10.8. The largest absolute Gasteiger partial charge is 0.463 e. The Kier molecular flexibility index (Phi) is 5.87. The Hall–Kier alpha value is -2.74. The van der Waals surface area contributed by atoms with Gasteiger partial charge in [-0.25, -0.2) is 4.99 Å². The molecule has 2 rings (SSSR count). The van der Waals surface area contributed by atoms with Crippen molar-refractivity contribution in [1.29, 1.82) is 0 Å². The third kappa shape index (κ3) is 5.12. The number of hydrogen-bond donors (Lipinski definition) is 4. The normalized spacial score (nSPS) is 14.2. The molecule has 1 unspecified atom stereocenters. The molecule has 0 fully saturated rings. The number of furan rings is 2. The first-order valence-electron chi connectivity index (χ1n) is 8.02. The lowest BCUT2D eigenvalue weighted by atomic mass is 10.0. The summed E-state index contributed by atoms with van der Waals surface area (Å²) in [6, 6.07) is 6.71. The van der Waals surface area contributed by atoms with Gasteiger partial charge in [0.15, 0.2) is 11.7 Å². The van der Waals surface area contributed by atoms with E-state index in [1.807, 2.05) is 13.8 Å². The maximum atomic E-state index is 11.0. The van der Waals surface area contributed by atoms with Gasteiger partial charge in [-0.15, -0.1) is 0 Å². The fourth-order valence-corrected chi connectivity index (χ4v) is 2.16. The summed E-state index contributed by atoms with van der Waals surface area (Å²) in [6.07, 6.45) is 0. The number of aryl methyl sites for hydroxylation is 1. The van der Waals surface area contributed by atoms with Crippen LogP contribution in [0.4, 0.5) is 0 Å². The van der Waals surface area contributed by atoms with E-state index in [-0.39, 0.29) is 18.8 Å². The second-order valence-electron chi connectivity index (χ2n) is 5.86. The third-order valence-electron chi connectivity index (χ3n) is 3.51. The van der Waals surface area contributed by atoms with E-state index in [4.69, 9.17) is 14.6 Å². The Morgan fingerprint density at radius 2 is 2.04 bits per heavy atom. The van der Waals surface area contributed by atoms with E-state index in [0.29, 0.717) is 24.0 Å². The molecule has 0 spiro atoms. The lowest BCUT2D eigenvalue weighted by molar-refractivity contribution is 0.0378. The number of guanidine groups is 1. The van der Waals surface area contributed by atoms with Gasteiger partial charge in [0.2, 0.25) is 0 Å². The molecule has 0 aromatic carbocycles. The highest BCUT2D eigenvalue weighted by molar-refractivity contribution is 5.89. The van der Waals surface area contributed by atoms with Crippen molar-refractivity contribution in [2.75, 3.05) is 13.1 Å². The maximum Gasteiger partial charge on any atom is 0.284 e. The summed E-state index contributed by atoms with van der Waals surface area (Å²) in [5.41, 5.74) is 3.97. The topological polar surface area (TPSA) is 126 Å². The Labute approximate surface area is 146 Å². The lowest BCUT2D eigenvalue weighted by Crippen LogP contribution is -2.44. The van der Waals surface area contributed by atoms with Gasteiger partial charge >= 0.3 is 0 Å². The van der Waals surface area contributed by atoms with Crippen LogP contribution in [0.2, 0.25) is 0 Å².